The Morgan fingerprint density at radius 2 is 1.87 bits per heavy atom. The second-order valence-corrected chi connectivity index (χ2v) is 7.51. The van der Waals surface area contributed by atoms with E-state index in [0.29, 0.717) is 18.7 Å². The summed E-state index contributed by atoms with van der Waals surface area (Å²) in [5, 5.41) is 11.4. The zero-order valence-corrected chi connectivity index (χ0v) is 16.1. The maximum absolute atomic E-state index is 12.7. The third-order valence-corrected chi connectivity index (χ3v) is 5.48. The van der Waals surface area contributed by atoms with Gasteiger partial charge in [-0.3, -0.25) is 9.89 Å². The zero-order valence-electron chi connectivity index (χ0n) is 16.1. The summed E-state index contributed by atoms with van der Waals surface area (Å²) < 4.78 is 38.1. The van der Waals surface area contributed by atoms with E-state index >= 15 is 0 Å². The minimum absolute atomic E-state index is 0.223. The van der Waals surface area contributed by atoms with Gasteiger partial charge in [-0.1, -0.05) is 12.1 Å². The standard InChI is InChI=1S/C21H22F3N5O/c22-21(23,24)15-3-1-13(2-4-15)19(25)20(30)29-9-7-16(8-10-29)27-17-5-6-18-14(11-17)12-26-28-18/h1-6,11-12,16,19,27H,7-10,25H2,(H,26,28). The van der Waals surface area contributed by atoms with Gasteiger partial charge in [-0.05, 0) is 48.7 Å². The Hall–Kier alpha value is -3.07. The molecule has 1 unspecified atom stereocenters. The number of likely N-dealkylation sites (tertiary alicyclic amines) is 1. The van der Waals surface area contributed by atoms with Crippen LogP contribution < -0.4 is 11.1 Å². The molecule has 1 aliphatic rings. The maximum Gasteiger partial charge on any atom is 0.416 e. The first-order valence-electron chi connectivity index (χ1n) is 9.72. The Morgan fingerprint density at radius 1 is 1.17 bits per heavy atom. The zero-order chi connectivity index (χ0) is 21.3. The number of fused-ring (bicyclic) bond motifs is 1. The molecule has 0 aliphatic carbocycles. The number of carbonyl (C=O) groups excluding carboxylic acids is 1. The van der Waals surface area contributed by atoms with Crippen LogP contribution in [0.4, 0.5) is 18.9 Å². The van der Waals surface area contributed by atoms with Crippen molar-refractivity contribution in [3.63, 3.8) is 0 Å². The molecule has 1 aliphatic heterocycles. The topological polar surface area (TPSA) is 87.0 Å². The van der Waals surface area contributed by atoms with Gasteiger partial charge < -0.3 is 16.0 Å². The molecule has 0 radical (unpaired) electrons. The number of rotatable bonds is 4. The lowest BCUT2D eigenvalue weighted by Gasteiger charge is -2.34. The molecule has 9 heteroatoms. The Kier molecular flexibility index (Phi) is 5.38. The lowest BCUT2D eigenvalue weighted by atomic mass is 10.0. The third-order valence-electron chi connectivity index (χ3n) is 5.48. The molecule has 1 atom stereocenters. The molecule has 0 bridgehead atoms. The SMILES string of the molecule is NC(C(=O)N1CCC(Nc2ccc3[nH]ncc3c2)CC1)c1ccc(C(F)(F)F)cc1. The predicted octanol–water partition coefficient (Wildman–Crippen LogP) is 3.68. The Morgan fingerprint density at radius 3 is 2.53 bits per heavy atom. The number of halogens is 3. The first kappa shape index (κ1) is 20.2. The number of H-pyrrole nitrogens is 1. The summed E-state index contributed by atoms with van der Waals surface area (Å²) in [4.78, 5) is 14.4. The van der Waals surface area contributed by atoms with Gasteiger partial charge in [-0.25, -0.2) is 0 Å². The van der Waals surface area contributed by atoms with Crippen LogP contribution in [0.3, 0.4) is 0 Å². The van der Waals surface area contributed by atoms with Crippen LogP contribution in [0.1, 0.15) is 30.0 Å². The minimum Gasteiger partial charge on any atom is -0.382 e. The fourth-order valence-electron chi connectivity index (χ4n) is 3.73. The number of nitrogens with zero attached hydrogens (tertiary/aromatic N) is 2. The van der Waals surface area contributed by atoms with Crippen LogP contribution in [-0.2, 0) is 11.0 Å². The number of nitrogens with two attached hydrogens (primary N) is 1. The quantitative estimate of drug-likeness (QED) is 0.604. The van der Waals surface area contributed by atoms with Gasteiger partial charge in [0, 0.05) is 30.2 Å². The van der Waals surface area contributed by atoms with Gasteiger partial charge in [0.2, 0.25) is 5.91 Å². The molecule has 158 valence electrons. The van der Waals surface area contributed by atoms with Gasteiger partial charge in [0.1, 0.15) is 6.04 Å². The van der Waals surface area contributed by atoms with Crippen molar-refractivity contribution in [2.75, 3.05) is 18.4 Å². The summed E-state index contributed by atoms with van der Waals surface area (Å²) in [6, 6.07) is 9.67. The molecule has 0 saturated carbocycles. The van der Waals surface area contributed by atoms with E-state index in [4.69, 9.17) is 5.73 Å². The van der Waals surface area contributed by atoms with Crippen LogP contribution >= 0.6 is 0 Å². The highest BCUT2D eigenvalue weighted by Crippen LogP contribution is 2.30. The fraction of sp³-hybridized carbons (Fsp3) is 0.333. The summed E-state index contributed by atoms with van der Waals surface area (Å²) in [6.07, 6.45) is -1.13. The molecule has 30 heavy (non-hydrogen) atoms. The van der Waals surface area contributed by atoms with Crippen molar-refractivity contribution < 1.29 is 18.0 Å². The first-order valence-corrected chi connectivity index (χ1v) is 9.72. The summed E-state index contributed by atoms with van der Waals surface area (Å²) in [6.45, 7) is 1.08. The van der Waals surface area contributed by atoms with E-state index in [0.717, 1.165) is 41.6 Å². The van der Waals surface area contributed by atoms with E-state index in [2.05, 4.69) is 15.5 Å². The van der Waals surface area contributed by atoms with Crippen molar-refractivity contribution in [2.24, 2.45) is 5.73 Å². The van der Waals surface area contributed by atoms with Gasteiger partial charge >= 0.3 is 6.18 Å². The highest BCUT2D eigenvalue weighted by atomic mass is 19.4. The highest BCUT2D eigenvalue weighted by molar-refractivity contribution is 5.83. The molecule has 1 aromatic heterocycles. The first-order chi connectivity index (χ1) is 14.3. The van der Waals surface area contributed by atoms with Crippen molar-refractivity contribution >= 4 is 22.5 Å². The third kappa shape index (κ3) is 4.25. The highest BCUT2D eigenvalue weighted by Gasteiger charge is 2.31. The van der Waals surface area contributed by atoms with Gasteiger partial charge in [-0.15, -0.1) is 0 Å². The molecule has 1 amide bonds. The molecule has 0 spiro atoms. The van der Waals surface area contributed by atoms with Crippen LogP contribution in [0, 0.1) is 0 Å². The molecular formula is C21H22F3N5O. The number of amides is 1. The second-order valence-electron chi connectivity index (χ2n) is 7.51. The number of aromatic amines is 1. The van der Waals surface area contributed by atoms with Gasteiger partial charge in [0.25, 0.3) is 0 Å². The molecule has 2 aromatic carbocycles. The lowest BCUT2D eigenvalue weighted by molar-refractivity contribution is -0.137. The number of piperidine rings is 1. The summed E-state index contributed by atoms with van der Waals surface area (Å²) in [5.74, 6) is -0.270. The van der Waals surface area contributed by atoms with Gasteiger partial charge in [-0.2, -0.15) is 18.3 Å². The summed E-state index contributed by atoms with van der Waals surface area (Å²) in [7, 11) is 0. The Bertz CT molecular complexity index is 1020. The van der Waals surface area contributed by atoms with E-state index in [1.807, 2.05) is 18.2 Å². The number of benzene rings is 2. The van der Waals surface area contributed by atoms with Crippen LogP contribution in [-0.4, -0.2) is 40.1 Å². The summed E-state index contributed by atoms with van der Waals surface area (Å²) in [5.41, 5.74) is 7.62. The molecule has 4 rings (SSSR count). The van der Waals surface area contributed by atoms with Crippen molar-refractivity contribution in [3.05, 3.63) is 59.8 Å². The van der Waals surface area contributed by atoms with E-state index in [1.54, 1.807) is 11.1 Å². The van der Waals surface area contributed by atoms with Crippen LogP contribution in [0.2, 0.25) is 0 Å². The smallest absolute Gasteiger partial charge is 0.382 e. The molecule has 1 fully saturated rings. The second kappa shape index (κ2) is 7.98. The minimum atomic E-state index is -4.41. The molecule has 4 N–H and O–H groups in total. The van der Waals surface area contributed by atoms with Crippen molar-refractivity contribution in [3.8, 4) is 0 Å². The van der Waals surface area contributed by atoms with Crippen molar-refractivity contribution in [1.29, 1.82) is 0 Å². The lowest BCUT2D eigenvalue weighted by Crippen LogP contribution is -2.45. The number of alkyl halides is 3. The molecule has 6 nitrogen and oxygen atoms in total. The van der Waals surface area contributed by atoms with E-state index in [1.165, 1.54) is 12.1 Å². The van der Waals surface area contributed by atoms with Crippen LogP contribution in [0.15, 0.2) is 48.7 Å². The van der Waals surface area contributed by atoms with E-state index < -0.39 is 17.8 Å². The normalized spacial score (nSPS) is 16.6. The van der Waals surface area contributed by atoms with Gasteiger partial charge in [0.15, 0.2) is 0 Å². The monoisotopic (exact) mass is 417 g/mol. The summed E-state index contributed by atoms with van der Waals surface area (Å²) >= 11 is 0. The average molecular weight is 417 g/mol. The number of anilines is 1. The Labute approximate surface area is 171 Å². The molecule has 1 saturated heterocycles. The largest absolute Gasteiger partial charge is 0.416 e. The van der Waals surface area contributed by atoms with E-state index in [9.17, 15) is 18.0 Å². The molecule has 2 heterocycles. The number of hydrogen-bond donors (Lipinski definition) is 3. The van der Waals surface area contributed by atoms with Gasteiger partial charge in [0.05, 0.1) is 17.3 Å². The van der Waals surface area contributed by atoms with Crippen molar-refractivity contribution in [2.45, 2.75) is 31.1 Å². The van der Waals surface area contributed by atoms with Crippen molar-refractivity contribution in [1.82, 2.24) is 15.1 Å². The van der Waals surface area contributed by atoms with Crippen LogP contribution in [0.25, 0.3) is 10.9 Å². The number of nitrogens with one attached hydrogen (secondary N) is 2. The number of carbonyl (C=O) groups is 1. The van der Waals surface area contributed by atoms with Crippen LogP contribution in [0.5, 0.6) is 0 Å². The average Bonchev–Trinajstić information content (AvgIpc) is 3.21. The fourth-order valence-corrected chi connectivity index (χ4v) is 3.73. The number of hydrogen-bond acceptors (Lipinski definition) is 4. The molecular weight excluding hydrogens is 395 g/mol. The predicted molar refractivity (Wildman–Crippen MR) is 108 cm³/mol. The molecule has 3 aromatic rings. The Balaban J connectivity index is 1.33. The number of aromatic nitrogens is 2. The maximum atomic E-state index is 12.7. The van der Waals surface area contributed by atoms with E-state index in [-0.39, 0.29) is 11.9 Å².